The molecule has 3 rings (SSSR count). The van der Waals surface area contributed by atoms with E-state index in [0.717, 1.165) is 35.7 Å². The van der Waals surface area contributed by atoms with E-state index in [1.807, 2.05) is 23.5 Å². The lowest BCUT2D eigenvalue weighted by molar-refractivity contribution is 0.200. The van der Waals surface area contributed by atoms with Gasteiger partial charge in [0.2, 0.25) is 0 Å². The maximum absolute atomic E-state index is 6.21. The zero-order chi connectivity index (χ0) is 13.9. The molecule has 0 amide bonds. The zero-order valence-electron chi connectivity index (χ0n) is 11.8. The van der Waals surface area contributed by atoms with Gasteiger partial charge in [0.25, 0.3) is 0 Å². The predicted molar refractivity (Wildman–Crippen MR) is 104 cm³/mol. The van der Waals surface area contributed by atoms with E-state index in [4.69, 9.17) is 11.6 Å². The number of halogens is 4. The molecule has 1 N–H and O–H groups in total. The van der Waals surface area contributed by atoms with Crippen LogP contribution in [0.25, 0.3) is 0 Å². The summed E-state index contributed by atoms with van der Waals surface area (Å²) in [5.41, 5.74) is 1.25. The Bertz CT molecular complexity index is 574. The lowest BCUT2D eigenvalue weighted by Crippen LogP contribution is -2.45. The molecule has 0 spiro atoms. The lowest BCUT2D eigenvalue weighted by Gasteiger charge is -2.35. The van der Waals surface area contributed by atoms with Gasteiger partial charge in [0.05, 0.1) is 6.04 Å². The van der Waals surface area contributed by atoms with Crippen molar-refractivity contribution in [2.24, 2.45) is 0 Å². The van der Waals surface area contributed by atoms with Crippen molar-refractivity contribution in [3.8, 4) is 0 Å². The minimum atomic E-state index is 0. The molecule has 122 valence electrons. The van der Waals surface area contributed by atoms with Crippen molar-refractivity contribution in [2.45, 2.75) is 6.04 Å². The van der Waals surface area contributed by atoms with Gasteiger partial charge in [0, 0.05) is 40.6 Å². The van der Waals surface area contributed by atoms with Gasteiger partial charge >= 0.3 is 0 Å². The van der Waals surface area contributed by atoms with Crippen LogP contribution in [0.1, 0.15) is 16.5 Å². The molecule has 1 saturated heterocycles. The Morgan fingerprint density at radius 3 is 2.55 bits per heavy atom. The summed E-state index contributed by atoms with van der Waals surface area (Å²) < 4.78 is 1.12. The quantitative estimate of drug-likeness (QED) is 0.717. The minimum absolute atomic E-state index is 0. The topological polar surface area (TPSA) is 15.3 Å². The normalized spacial score (nSPS) is 16.5. The monoisotopic (exact) mass is 442 g/mol. The molecule has 22 heavy (non-hydrogen) atoms. The van der Waals surface area contributed by atoms with Crippen LogP contribution in [-0.4, -0.2) is 31.1 Å². The molecule has 1 atom stereocenters. The van der Waals surface area contributed by atoms with Gasteiger partial charge in [0.1, 0.15) is 0 Å². The van der Waals surface area contributed by atoms with Gasteiger partial charge in [0.15, 0.2) is 0 Å². The summed E-state index contributed by atoms with van der Waals surface area (Å²) in [6.45, 7) is 4.20. The molecule has 0 aliphatic carbocycles. The fraction of sp³-hybridized carbons (Fsp3) is 0.333. The molecule has 1 aromatic heterocycles. The summed E-state index contributed by atoms with van der Waals surface area (Å²) in [6.07, 6.45) is 0. The average molecular weight is 445 g/mol. The van der Waals surface area contributed by atoms with Crippen molar-refractivity contribution in [2.75, 3.05) is 26.2 Å². The standard InChI is InChI=1S/C15H16BrClN2S.2ClH/c16-13-4-3-11(17)10-12(13)15(14-2-1-9-20-14)19-7-5-18-6-8-19;;/h1-4,9-10,15,18H,5-8H2;2*1H/t15-;;/m1../s1. The Morgan fingerprint density at radius 2 is 1.91 bits per heavy atom. The van der Waals surface area contributed by atoms with Gasteiger partial charge in [-0.3, -0.25) is 4.90 Å². The fourth-order valence-electron chi connectivity index (χ4n) is 2.64. The lowest BCUT2D eigenvalue weighted by atomic mass is 10.0. The second-order valence-electron chi connectivity index (χ2n) is 4.87. The Morgan fingerprint density at radius 1 is 1.18 bits per heavy atom. The van der Waals surface area contributed by atoms with E-state index in [1.165, 1.54) is 10.4 Å². The van der Waals surface area contributed by atoms with E-state index in [0.29, 0.717) is 0 Å². The first kappa shape index (κ1) is 20.2. The van der Waals surface area contributed by atoms with Crippen molar-refractivity contribution in [3.63, 3.8) is 0 Å². The molecule has 0 radical (unpaired) electrons. The average Bonchev–Trinajstić information content (AvgIpc) is 2.98. The van der Waals surface area contributed by atoms with Crippen molar-refractivity contribution < 1.29 is 0 Å². The van der Waals surface area contributed by atoms with Crippen LogP contribution in [-0.2, 0) is 0 Å². The summed E-state index contributed by atoms with van der Waals surface area (Å²) in [7, 11) is 0. The van der Waals surface area contributed by atoms with Crippen molar-refractivity contribution in [1.29, 1.82) is 0 Å². The summed E-state index contributed by atoms with van der Waals surface area (Å²) in [4.78, 5) is 3.90. The van der Waals surface area contributed by atoms with Gasteiger partial charge in [-0.25, -0.2) is 0 Å². The zero-order valence-corrected chi connectivity index (χ0v) is 16.6. The van der Waals surface area contributed by atoms with Gasteiger partial charge < -0.3 is 5.32 Å². The number of thiophene rings is 1. The summed E-state index contributed by atoms with van der Waals surface area (Å²) in [6, 6.07) is 10.7. The van der Waals surface area contributed by atoms with E-state index < -0.39 is 0 Å². The summed E-state index contributed by atoms with van der Waals surface area (Å²) >= 11 is 11.7. The molecule has 2 nitrogen and oxygen atoms in total. The molecular formula is C15H18BrCl3N2S. The predicted octanol–water partition coefficient (Wildman–Crippen LogP) is 5.00. The smallest absolute Gasteiger partial charge is 0.0708 e. The Hall–Kier alpha value is 0.190. The molecule has 1 aromatic carbocycles. The van der Waals surface area contributed by atoms with Crippen LogP contribution in [0.3, 0.4) is 0 Å². The molecule has 0 saturated carbocycles. The maximum atomic E-state index is 6.21. The number of benzene rings is 1. The second-order valence-corrected chi connectivity index (χ2v) is 7.14. The largest absolute Gasteiger partial charge is 0.314 e. The highest BCUT2D eigenvalue weighted by Crippen LogP contribution is 2.37. The van der Waals surface area contributed by atoms with Gasteiger partial charge in [-0.2, -0.15) is 0 Å². The highest BCUT2D eigenvalue weighted by atomic mass is 79.9. The Kier molecular flexibility index (Phi) is 8.72. The summed E-state index contributed by atoms with van der Waals surface area (Å²) in [5.74, 6) is 0. The molecule has 1 fully saturated rings. The van der Waals surface area contributed by atoms with Gasteiger partial charge in [-0.15, -0.1) is 36.2 Å². The summed E-state index contributed by atoms with van der Waals surface area (Å²) in [5, 5.41) is 6.35. The van der Waals surface area contributed by atoms with Crippen molar-refractivity contribution in [1.82, 2.24) is 10.2 Å². The number of hydrogen-bond acceptors (Lipinski definition) is 3. The van der Waals surface area contributed by atoms with E-state index in [1.54, 1.807) is 0 Å². The number of nitrogens with one attached hydrogen (secondary N) is 1. The van der Waals surface area contributed by atoms with Crippen molar-refractivity contribution in [3.05, 3.63) is 55.6 Å². The van der Waals surface area contributed by atoms with Crippen LogP contribution >= 0.6 is 63.7 Å². The molecular weight excluding hydrogens is 427 g/mol. The van der Waals surface area contributed by atoms with Crippen LogP contribution in [0.5, 0.6) is 0 Å². The van der Waals surface area contributed by atoms with E-state index >= 15 is 0 Å². The molecule has 1 aliphatic heterocycles. The number of rotatable bonds is 3. The van der Waals surface area contributed by atoms with E-state index in [2.05, 4.69) is 49.7 Å². The highest BCUT2D eigenvalue weighted by Gasteiger charge is 2.26. The highest BCUT2D eigenvalue weighted by molar-refractivity contribution is 9.10. The van der Waals surface area contributed by atoms with E-state index in [9.17, 15) is 0 Å². The van der Waals surface area contributed by atoms with Crippen LogP contribution in [0, 0.1) is 0 Å². The first-order valence-electron chi connectivity index (χ1n) is 6.69. The fourth-order valence-corrected chi connectivity index (χ4v) is 4.16. The van der Waals surface area contributed by atoms with Crippen LogP contribution in [0.15, 0.2) is 40.2 Å². The Labute approximate surface area is 161 Å². The maximum Gasteiger partial charge on any atom is 0.0708 e. The first-order valence-corrected chi connectivity index (χ1v) is 8.74. The van der Waals surface area contributed by atoms with E-state index in [-0.39, 0.29) is 30.9 Å². The molecule has 2 aromatic rings. The molecule has 0 unspecified atom stereocenters. The molecule has 7 heteroatoms. The third kappa shape index (κ3) is 4.60. The van der Waals surface area contributed by atoms with Gasteiger partial charge in [-0.1, -0.05) is 33.6 Å². The minimum Gasteiger partial charge on any atom is -0.314 e. The molecule has 1 aliphatic rings. The second kappa shape index (κ2) is 9.48. The van der Waals surface area contributed by atoms with Crippen LogP contribution in [0.4, 0.5) is 0 Å². The van der Waals surface area contributed by atoms with Crippen molar-refractivity contribution >= 4 is 63.7 Å². The Balaban J connectivity index is 0.00000121. The third-order valence-corrected chi connectivity index (χ3v) is 5.46. The number of piperazine rings is 1. The SMILES string of the molecule is Cl.Cl.Clc1ccc(Br)c([C@H](c2cccs2)N2CCNCC2)c1. The first-order chi connectivity index (χ1) is 9.75. The molecule has 0 bridgehead atoms. The molecule has 2 heterocycles. The van der Waals surface area contributed by atoms with Crippen LogP contribution < -0.4 is 5.32 Å². The third-order valence-electron chi connectivity index (χ3n) is 3.58. The van der Waals surface area contributed by atoms with Crippen LogP contribution in [0.2, 0.25) is 5.02 Å². The number of nitrogens with zero attached hydrogens (tertiary/aromatic N) is 1. The van der Waals surface area contributed by atoms with Gasteiger partial charge in [-0.05, 0) is 35.2 Å². The number of hydrogen-bond donors (Lipinski definition) is 1.